The molecule has 29 heavy (non-hydrogen) atoms. The summed E-state index contributed by atoms with van der Waals surface area (Å²) in [6.45, 7) is 4.83. The second kappa shape index (κ2) is 8.49. The molecule has 158 valence electrons. The van der Waals surface area contributed by atoms with Gasteiger partial charge in [0.2, 0.25) is 0 Å². The molecule has 1 saturated heterocycles. The number of ether oxygens (including phenoxy) is 1. The number of methoxy groups -OCH3 is 1. The average Bonchev–Trinajstić information content (AvgIpc) is 2.90. The second-order valence-corrected chi connectivity index (χ2v) is 9.07. The highest BCUT2D eigenvalue weighted by Gasteiger charge is 2.33. The number of nitrogens with one attached hydrogen (secondary N) is 1. The Kier molecular flexibility index (Phi) is 6.21. The van der Waals surface area contributed by atoms with Crippen molar-refractivity contribution in [3.8, 4) is 5.75 Å². The van der Waals surface area contributed by atoms with E-state index in [1.54, 1.807) is 54.6 Å². The molecular formula is C21H29N3O4S. The molecule has 0 atom stereocenters. The molecule has 3 rings (SSSR count). The Bertz CT molecular complexity index is 1000. The molecule has 7 nitrogen and oxygen atoms in total. The van der Waals surface area contributed by atoms with Gasteiger partial charge in [-0.05, 0) is 38.8 Å². The first-order chi connectivity index (χ1) is 13.8. The van der Waals surface area contributed by atoms with Crippen molar-refractivity contribution in [2.75, 3.05) is 24.9 Å². The van der Waals surface area contributed by atoms with Crippen molar-refractivity contribution in [3.63, 3.8) is 0 Å². The lowest BCUT2D eigenvalue weighted by Crippen LogP contribution is -2.33. The molecule has 2 heterocycles. The Balaban J connectivity index is 2.06. The van der Waals surface area contributed by atoms with Crippen LogP contribution in [0.3, 0.4) is 0 Å². The maximum absolute atomic E-state index is 13.4. The van der Waals surface area contributed by atoms with Gasteiger partial charge in [0.15, 0.2) is 0 Å². The SMILES string of the molecule is COc1ccccc1NS(=O)(=O)c1c(C(=O)N2CCCCCC2)c(C)n(C)c1C. The first-order valence-electron chi connectivity index (χ1n) is 9.89. The van der Waals surface area contributed by atoms with Crippen LogP contribution in [-0.2, 0) is 17.1 Å². The average molecular weight is 420 g/mol. The summed E-state index contributed by atoms with van der Waals surface area (Å²) in [6, 6.07) is 6.82. The number of para-hydroxylation sites is 2. The van der Waals surface area contributed by atoms with Gasteiger partial charge >= 0.3 is 0 Å². The number of nitrogens with zero attached hydrogens (tertiary/aromatic N) is 2. The van der Waals surface area contributed by atoms with Crippen LogP contribution in [-0.4, -0.2) is 44.0 Å². The van der Waals surface area contributed by atoms with Crippen molar-refractivity contribution in [2.24, 2.45) is 7.05 Å². The standard InChI is InChI=1S/C21H29N3O4S/c1-15-19(21(25)24-13-9-5-6-10-14-24)20(16(2)23(15)3)29(26,27)22-17-11-7-8-12-18(17)28-4/h7-8,11-12,22H,5-6,9-10,13-14H2,1-4H3. The van der Waals surface area contributed by atoms with Gasteiger partial charge in [0, 0.05) is 31.5 Å². The van der Waals surface area contributed by atoms with Crippen LogP contribution in [0.4, 0.5) is 5.69 Å². The number of carbonyl (C=O) groups is 1. The topological polar surface area (TPSA) is 80.6 Å². The van der Waals surface area contributed by atoms with E-state index in [0.717, 1.165) is 25.7 Å². The number of benzene rings is 1. The summed E-state index contributed by atoms with van der Waals surface area (Å²) in [5, 5.41) is 0. The van der Waals surface area contributed by atoms with E-state index in [0.29, 0.717) is 35.9 Å². The monoisotopic (exact) mass is 419 g/mol. The first kappa shape index (κ1) is 21.2. The number of likely N-dealkylation sites (tertiary alicyclic amines) is 1. The van der Waals surface area contributed by atoms with Crippen molar-refractivity contribution < 1.29 is 17.9 Å². The molecule has 0 saturated carbocycles. The molecule has 2 aromatic rings. The maximum atomic E-state index is 13.4. The van der Waals surface area contributed by atoms with Crippen LogP contribution in [0.25, 0.3) is 0 Å². The van der Waals surface area contributed by atoms with E-state index >= 15 is 0 Å². The minimum atomic E-state index is -4.00. The third-order valence-electron chi connectivity index (χ3n) is 5.65. The van der Waals surface area contributed by atoms with Gasteiger partial charge in [-0.2, -0.15) is 0 Å². The number of hydrogen-bond acceptors (Lipinski definition) is 4. The highest BCUT2D eigenvalue weighted by Crippen LogP contribution is 2.32. The number of aromatic nitrogens is 1. The van der Waals surface area contributed by atoms with E-state index < -0.39 is 10.0 Å². The van der Waals surface area contributed by atoms with Gasteiger partial charge in [-0.15, -0.1) is 0 Å². The number of hydrogen-bond donors (Lipinski definition) is 1. The highest BCUT2D eigenvalue weighted by atomic mass is 32.2. The Hall–Kier alpha value is -2.48. The van der Waals surface area contributed by atoms with E-state index in [-0.39, 0.29) is 16.4 Å². The molecule has 0 aliphatic carbocycles. The van der Waals surface area contributed by atoms with Crippen LogP contribution >= 0.6 is 0 Å². The van der Waals surface area contributed by atoms with Gasteiger partial charge in [-0.1, -0.05) is 25.0 Å². The van der Waals surface area contributed by atoms with Gasteiger partial charge in [-0.25, -0.2) is 8.42 Å². The molecule has 1 aliphatic heterocycles. The van der Waals surface area contributed by atoms with Crippen LogP contribution in [0.1, 0.15) is 47.4 Å². The summed E-state index contributed by atoms with van der Waals surface area (Å²) in [7, 11) is -0.731. The van der Waals surface area contributed by atoms with Crippen LogP contribution in [0, 0.1) is 13.8 Å². The molecule has 0 spiro atoms. The Morgan fingerprint density at radius 1 is 1.03 bits per heavy atom. The van der Waals surface area contributed by atoms with E-state index in [1.165, 1.54) is 7.11 Å². The predicted molar refractivity (Wildman–Crippen MR) is 113 cm³/mol. The quantitative estimate of drug-likeness (QED) is 0.805. The van der Waals surface area contributed by atoms with Gasteiger partial charge in [0.25, 0.3) is 15.9 Å². The molecule has 1 aromatic carbocycles. The fourth-order valence-corrected chi connectivity index (χ4v) is 5.44. The Labute approximate surface area is 172 Å². The van der Waals surface area contributed by atoms with E-state index in [9.17, 15) is 13.2 Å². The fourth-order valence-electron chi connectivity index (χ4n) is 3.85. The van der Waals surface area contributed by atoms with Crippen molar-refractivity contribution >= 4 is 21.6 Å². The molecule has 8 heteroatoms. The summed E-state index contributed by atoms with van der Waals surface area (Å²) in [6.07, 6.45) is 4.07. The largest absolute Gasteiger partial charge is 0.495 e. The second-order valence-electron chi connectivity index (χ2n) is 7.45. The number of rotatable bonds is 5. The molecule has 0 bridgehead atoms. The van der Waals surface area contributed by atoms with Crippen molar-refractivity contribution in [1.29, 1.82) is 0 Å². The van der Waals surface area contributed by atoms with Crippen LogP contribution in [0.5, 0.6) is 5.75 Å². The fraction of sp³-hybridized carbons (Fsp3) is 0.476. The van der Waals surface area contributed by atoms with E-state index in [2.05, 4.69) is 4.72 Å². The van der Waals surface area contributed by atoms with Crippen LogP contribution in [0.15, 0.2) is 29.2 Å². The highest BCUT2D eigenvalue weighted by molar-refractivity contribution is 7.92. The van der Waals surface area contributed by atoms with E-state index in [4.69, 9.17) is 4.74 Å². The number of sulfonamides is 1. The zero-order valence-electron chi connectivity index (χ0n) is 17.5. The van der Waals surface area contributed by atoms with Crippen molar-refractivity contribution in [3.05, 3.63) is 41.2 Å². The molecule has 1 fully saturated rings. The smallest absolute Gasteiger partial charge is 0.264 e. The number of amides is 1. The van der Waals surface area contributed by atoms with Gasteiger partial charge < -0.3 is 14.2 Å². The summed E-state index contributed by atoms with van der Waals surface area (Å²) in [5.74, 6) is 0.204. The molecule has 1 amide bonds. The third kappa shape index (κ3) is 4.12. The van der Waals surface area contributed by atoms with Crippen LogP contribution < -0.4 is 9.46 Å². The van der Waals surface area contributed by atoms with Gasteiger partial charge in [0.1, 0.15) is 10.6 Å². The molecule has 0 radical (unpaired) electrons. The lowest BCUT2D eigenvalue weighted by atomic mass is 10.2. The first-order valence-corrected chi connectivity index (χ1v) is 11.4. The van der Waals surface area contributed by atoms with Crippen molar-refractivity contribution in [2.45, 2.75) is 44.4 Å². The van der Waals surface area contributed by atoms with Crippen LogP contribution in [0.2, 0.25) is 0 Å². The zero-order chi connectivity index (χ0) is 21.2. The Morgan fingerprint density at radius 2 is 1.66 bits per heavy atom. The summed E-state index contributed by atoms with van der Waals surface area (Å²) >= 11 is 0. The predicted octanol–water partition coefficient (Wildman–Crippen LogP) is 3.47. The number of carbonyl (C=O) groups excluding carboxylic acids is 1. The summed E-state index contributed by atoms with van der Waals surface area (Å²) in [4.78, 5) is 15.2. The lowest BCUT2D eigenvalue weighted by Gasteiger charge is -2.21. The normalized spacial score (nSPS) is 15.1. The molecule has 1 N–H and O–H groups in total. The summed E-state index contributed by atoms with van der Waals surface area (Å²) < 4.78 is 36.4. The number of anilines is 1. The van der Waals surface area contributed by atoms with Gasteiger partial charge in [0.05, 0.1) is 18.4 Å². The lowest BCUT2D eigenvalue weighted by molar-refractivity contribution is 0.0757. The molecular weight excluding hydrogens is 390 g/mol. The van der Waals surface area contributed by atoms with Crippen molar-refractivity contribution in [1.82, 2.24) is 9.47 Å². The summed E-state index contributed by atoms with van der Waals surface area (Å²) in [5.41, 5.74) is 1.78. The Morgan fingerprint density at radius 3 is 2.28 bits per heavy atom. The van der Waals surface area contributed by atoms with Gasteiger partial charge in [-0.3, -0.25) is 9.52 Å². The maximum Gasteiger partial charge on any atom is 0.264 e. The minimum absolute atomic E-state index is 0.0395. The molecule has 1 aliphatic rings. The third-order valence-corrected chi connectivity index (χ3v) is 7.18. The van der Waals surface area contributed by atoms with E-state index in [1.807, 2.05) is 0 Å². The zero-order valence-corrected chi connectivity index (χ0v) is 18.3. The molecule has 1 aromatic heterocycles. The molecule has 0 unspecified atom stereocenters. The minimum Gasteiger partial charge on any atom is -0.495 e.